The van der Waals surface area contributed by atoms with Crippen molar-refractivity contribution in [3.63, 3.8) is 0 Å². The molecule has 1 aromatic rings. The van der Waals surface area contributed by atoms with Crippen LogP contribution >= 0.6 is 21.6 Å². The molecule has 0 unspecified atom stereocenters. The third kappa shape index (κ3) is 1.46. The van der Waals surface area contributed by atoms with E-state index in [0.717, 1.165) is 16.8 Å². The van der Waals surface area contributed by atoms with E-state index in [0.29, 0.717) is 0 Å². The summed E-state index contributed by atoms with van der Waals surface area (Å²) < 4.78 is 5.93. The summed E-state index contributed by atoms with van der Waals surface area (Å²) in [7, 11) is 3.85. The average molecular weight is 158 g/mol. The molecule has 0 aromatic carbocycles. The first kappa shape index (κ1) is 5.74. The fourth-order valence-electron chi connectivity index (χ4n) is 0.700. The quantitative estimate of drug-likeness (QED) is 0.485. The first-order valence-corrected chi connectivity index (χ1v) is 5.07. The van der Waals surface area contributed by atoms with Gasteiger partial charge in [-0.2, -0.15) is 0 Å². The highest BCUT2D eigenvalue weighted by Crippen LogP contribution is 2.54. The zero-order valence-corrected chi connectivity index (χ0v) is 6.37. The van der Waals surface area contributed by atoms with Crippen LogP contribution < -0.4 is 0 Å². The fraction of sp³-hybridized carbons (Fsp3) is 0.333. The van der Waals surface area contributed by atoms with Crippen LogP contribution in [0.4, 0.5) is 0 Å². The van der Waals surface area contributed by atoms with Crippen molar-refractivity contribution < 1.29 is 4.42 Å². The molecular formula is C6H6OS2. The number of rotatable bonds is 2. The summed E-state index contributed by atoms with van der Waals surface area (Å²) in [5.74, 6) is 1.11. The van der Waals surface area contributed by atoms with Crippen LogP contribution in [0.2, 0.25) is 0 Å². The van der Waals surface area contributed by atoms with Crippen molar-refractivity contribution >= 4 is 21.6 Å². The van der Waals surface area contributed by atoms with E-state index in [2.05, 4.69) is 0 Å². The molecule has 0 aliphatic carbocycles. The van der Waals surface area contributed by atoms with Gasteiger partial charge in [0.15, 0.2) is 0 Å². The minimum atomic E-state index is 0.774. The molecular weight excluding hydrogens is 152 g/mol. The minimum Gasteiger partial charge on any atom is -0.469 e. The summed E-state index contributed by atoms with van der Waals surface area (Å²) in [6, 6.07) is 3.96. The lowest BCUT2D eigenvalue weighted by Crippen LogP contribution is -1.83. The molecule has 1 aliphatic rings. The maximum Gasteiger partial charge on any atom is 0.105 e. The molecule has 1 aromatic heterocycles. The normalized spacial score (nSPS) is 18.2. The lowest BCUT2D eigenvalue weighted by molar-refractivity contribution is 0.516. The zero-order chi connectivity index (χ0) is 6.10. The molecule has 1 saturated heterocycles. The topological polar surface area (TPSA) is 13.1 Å². The molecule has 2 rings (SSSR count). The summed E-state index contributed by atoms with van der Waals surface area (Å²) in [6.07, 6.45) is 2.81. The van der Waals surface area contributed by atoms with Crippen LogP contribution in [0.5, 0.6) is 0 Å². The molecule has 2 heterocycles. The molecule has 0 bridgehead atoms. The maximum atomic E-state index is 5.16. The van der Waals surface area contributed by atoms with Crippen LogP contribution in [0.15, 0.2) is 22.8 Å². The molecule has 0 radical (unpaired) electrons. The van der Waals surface area contributed by atoms with Gasteiger partial charge < -0.3 is 4.42 Å². The van der Waals surface area contributed by atoms with Gasteiger partial charge in [0.1, 0.15) is 5.76 Å². The second-order valence-electron chi connectivity index (χ2n) is 1.91. The lowest BCUT2D eigenvalue weighted by atomic mass is 10.4. The number of hydrogen-bond acceptors (Lipinski definition) is 3. The summed E-state index contributed by atoms with van der Waals surface area (Å²) in [5, 5.41) is 0. The van der Waals surface area contributed by atoms with Crippen molar-refractivity contribution in [3.8, 4) is 0 Å². The van der Waals surface area contributed by atoms with E-state index in [1.165, 1.54) is 0 Å². The third-order valence-corrected chi connectivity index (χ3v) is 3.37. The molecule has 0 saturated carbocycles. The van der Waals surface area contributed by atoms with E-state index in [-0.39, 0.29) is 0 Å². The largest absolute Gasteiger partial charge is 0.469 e. The van der Waals surface area contributed by atoms with Crippen LogP contribution in [0.25, 0.3) is 0 Å². The molecule has 0 N–H and O–H groups in total. The molecule has 0 atom stereocenters. The van der Waals surface area contributed by atoms with Gasteiger partial charge in [-0.1, -0.05) is 21.6 Å². The summed E-state index contributed by atoms with van der Waals surface area (Å²) in [5.41, 5.74) is 0. The van der Waals surface area contributed by atoms with Gasteiger partial charge in [0.25, 0.3) is 0 Å². The van der Waals surface area contributed by atoms with Gasteiger partial charge in [-0.05, 0) is 12.1 Å². The van der Waals surface area contributed by atoms with Gasteiger partial charge in [0, 0.05) is 6.42 Å². The molecule has 1 fully saturated rings. The molecule has 3 heteroatoms. The lowest BCUT2D eigenvalue weighted by Gasteiger charge is -1.85. The molecule has 48 valence electrons. The zero-order valence-electron chi connectivity index (χ0n) is 4.74. The predicted octanol–water partition coefficient (Wildman–Crippen LogP) is 2.54. The second kappa shape index (κ2) is 2.31. The van der Waals surface area contributed by atoms with Gasteiger partial charge in [-0.3, -0.25) is 0 Å². The Kier molecular flexibility index (Phi) is 1.47. The number of furan rings is 1. The first-order chi connectivity index (χ1) is 4.45. The van der Waals surface area contributed by atoms with E-state index in [1.807, 2.05) is 33.7 Å². The van der Waals surface area contributed by atoms with Crippen LogP contribution in [0.1, 0.15) is 5.76 Å². The highest BCUT2D eigenvalue weighted by atomic mass is 33.2. The van der Waals surface area contributed by atoms with Crippen molar-refractivity contribution in [1.29, 1.82) is 0 Å². The highest BCUT2D eigenvalue weighted by Gasteiger charge is 2.25. The van der Waals surface area contributed by atoms with E-state index in [4.69, 9.17) is 4.42 Å². The standard InChI is InChI=1S/C6H6OS2/c1-2-5(7-3-1)4-6-8-9-6/h1-3,6H,4H2. The predicted molar refractivity (Wildman–Crippen MR) is 41.4 cm³/mol. The average Bonchev–Trinajstić information content (AvgIpc) is 2.46. The maximum absolute atomic E-state index is 5.16. The molecule has 9 heavy (non-hydrogen) atoms. The SMILES string of the molecule is c1coc(CC2SS2)c1. The number of hydrogen-bond donors (Lipinski definition) is 0. The van der Waals surface area contributed by atoms with Crippen molar-refractivity contribution in [1.82, 2.24) is 0 Å². The Morgan fingerprint density at radius 2 is 2.44 bits per heavy atom. The summed E-state index contributed by atoms with van der Waals surface area (Å²) in [6.45, 7) is 0. The Labute approximate surface area is 61.6 Å². The van der Waals surface area contributed by atoms with Crippen molar-refractivity contribution in [2.45, 2.75) is 11.0 Å². The van der Waals surface area contributed by atoms with E-state index in [9.17, 15) is 0 Å². The second-order valence-corrected chi connectivity index (χ2v) is 4.88. The fourth-order valence-corrected chi connectivity index (χ4v) is 1.89. The van der Waals surface area contributed by atoms with E-state index >= 15 is 0 Å². The van der Waals surface area contributed by atoms with Gasteiger partial charge in [-0.15, -0.1) is 0 Å². The van der Waals surface area contributed by atoms with Gasteiger partial charge in [-0.25, -0.2) is 0 Å². The molecule has 1 aliphatic heterocycles. The molecule has 0 amide bonds. The van der Waals surface area contributed by atoms with Crippen LogP contribution in [0, 0.1) is 0 Å². The Balaban J connectivity index is 1.99. The van der Waals surface area contributed by atoms with E-state index < -0.39 is 0 Å². The van der Waals surface area contributed by atoms with Crippen molar-refractivity contribution in [3.05, 3.63) is 24.2 Å². The minimum absolute atomic E-state index is 0.774. The van der Waals surface area contributed by atoms with Crippen molar-refractivity contribution in [2.24, 2.45) is 0 Å². The van der Waals surface area contributed by atoms with E-state index in [1.54, 1.807) is 6.26 Å². The Hall–Kier alpha value is -0.0200. The third-order valence-electron chi connectivity index (χ3n) is 1.18. The Morgan fingerprint density at radius 1 is 1.56 bits per heavy atom. The van der Waals surface area contributed by atoms with Crippen LogP contribution in [0.3, 0.4) is 0 Å². The van der Waals surface area contributed by atoms with Crippen LogP contribution in [-0.2, 0) is 6.42 Å². The first-order valence-electron chi connectivity index (χ1n) is 2.80. The monoisotopic (exact) mass is 158 g/mol. The van der Waals surface area contributed by atoms with Crippen LogP contribution in [-0.4, -0.2) is 4.58 Å². The summed E-state index contributed by atoms with van der Waals surface area (Å²) >= 11 is 0. The van der Waals surface area contributed by atoms with Gasteiger partial charge in [0.2, 0.25) is 0 Å². The Morgan fingerprint density at radius 3 is 3.00 bits per heavy atom. The van der Waals surface area contributed by atoms with Gasteiger partial charge >= 0.3 is 0 Å². The smallest absolute Gasteiger partial charge is 0.105 e. The van der Waals surface area contributed by atoms with Crippen molar-refractivity contribution in [2.75, 3.05) is 0 Å². The van der Waals surface area contributed by atoms with Gasteiger partial charge in [0.05, 0.1) is 10.8 Å². The molecule has 1 nitrogen and oxygen atoms in total. The molecule has 0 spiro atoms. The summed E-state index contributed by atoms with van der Waals surface area (Å²) in [4.78, 5) is 0. The highest BCUT2D eigenvalue weighted by molar-refractivity contribution is 8.92. The Bertz CT molecular complexity index is 179.